The van der Waals surface area contributed by atoms with Crippen molar-refractivity contribution < 1.29 is 9.13 Å². The number of hydrogen-bond donors (Lipinski definition) is 0. The van der Waals surface area contributed by atoms with Crippen molar-refractivity contribution in [3.63, 3.8) is 0 Å². The van der Waals surface area contributed by atoms with Gasteiger partial charge in [-0.2, -0.15) is 0 Å². The van der Waals surface area contributed by atoms with Crippen LogP contribution in [0.3, 0.4) is 0 Å². The Kier molecular flexibility index (Phi) is 4.09. The van der Waals surface area contributed by atoms with E-state index in [4.69, 9.17) is 4.74 Å². The van der Waals surface area contributed by atoms with Crippen molar-refractivity contribution >= 4 is 11.6 Å². The molecule has 0 N–H and O–H groups in total. The van der Waals surface area contributed by atoms with E-state index in [1.807, 2.05) is 19.0 Å². The Balaban J connectivity index is 1.69. The van der Waals surface area contributed by atoms with Gasteiger partial charge in [-0.3, -0.25) is 0 Å². The normalized spacial score (nSPS) is 17.6. The summed E-state index contributed by atoms with van der Waals surface area (Å²) in [6, 6.07) is 6.14. The van der Waals surface area contributed by atoms with E-state index < -0.39 is 0 Å². The molecule has 22 heavy (non-hydrogen) atoms. The summed E-state index contributed by atoms with van der Waals surface area (Å²) < 4.78 is 18.8. The molecule has 3 rings (SSSR count). The largest absolute Gasteiger partial charge is 0.489 e. The standard InChI is InChI=1S/C16H19FN4O/c1-20(2)15-16(19-9-8-18-15)21-10-7-14(11-21)22-13-5-3-12(17)4-6-13/h3-6,8-9,14H,7,10-11H2,1-2H3. The second kappa shape index (κ2) is 6.17. The Morgan fingerprint density at radius 2 is 1.91 bits per heavy atom. The van der Waals surface area contributed by atoms with Gasteiger partial charge in [-0.1, -0.05) is 0 Å². The third-order valence-electron chi connectivity index (χ3n) is 3.64. The van der Waals surface area contributed by atoms with Crippen LogP contribution in [0.25, 0.3) is 0 Å². The summed E-state index contributed by atoms with van der Waals surface area (Å²) >= 11 is 0. The van der Waals surface area contributed by atoms with Crippen LogP contribution in [-0.2, 0) is 0 Å². The molecule has 1 fully saturated rings. The Bertz CT molecular complexity index is 632. The van der Waals surface area contributed by atoms with Crippen LogP contribution in [0.1, 0.15) is 6.42 Å². The molecule has 1 aliphatic rings. The molecule has 0 bridgehead atoms. The van der Waals surface area contributed by atoms with Gasteiger partial charge in [0.2, 0.25) is 0 Å². The number of aromatic nitrogens is 2. The maximum Gasteiger partial charge on any atom is 0.172 e. The second-order valence-corrected chi connectivity index (χ2v) is 5.53. The molecule has 1 aromatic carbocycles. The minimum atomic E-state index is -0.254. The van der Waals surface area contributed by atoms with Crippen LogP contribution < -0.4 is 14.5 Å². The van der Waals surface area contributed by atoms with Crippen molar-refractivity contribution in [1.29, 1.82) is 0 Å². The summed E-state index contributed by atoms with van der Waals surface area (Å²) in [5.41, 5.74) is 0. The summed E-state index contributed by atoms with van der Waals surface area (Å²) in [5.74, 6) is 2.17. The van der Waals surface area contributed by atoms with Crippen molar-refractivity contribution in [2.45, 2.75) is 12.5 Å². The summed E-state index contributed by atoms with van der Waals surface area (Å²) in [5, 5.41) is 0. The number of rotatable bonds is 4. The van der Waals surface area contributed by atoms with Gasteiger partial charge >= 0.3 is 0 Å². The Labute approximate surface area is 129 Å². The quantitative estimate of drug-likeness (QED) is 0.867. The van der Waals surface area contributed by atoms with Gasteiger partial charge in [-0.25, -0.2) is 14.4 Å². The predicted octanol–water partition coefficient (Wildman–Crippen LogP) is 2.34. The van der Waals surface area contributed by atoms with E-state index in [1.54, 1.807) is 24.5 Å². The lowest BCUT2D eigenvalue weighted by atomic mass is 10.3. The zero-order valence-corrected chi connectivity index (χ0v) is 12.7. The molecular weight excluding hydrogens is 283 g/mol. The highest BCUT2D eigenvalue weighted by molar-refractivity contribution is 5.61. The molecule has 0 radical (unpaired) electrons. The summed E-state index contributed by atoms with van der Waals surface area (Å²) in [7, 11) is 3.91. The van der Waals surface area contributed by atoms with Crippen LogP contribution in [0.4, 0.5) is 16.0 Å². The first-order valence-electron chi connectivity index (χ1n) is 7.29. The average molecular weight is 302 g/mol. The predicted molar refractivity (Wildman–Crippen MR) is 84.0 cm³/mol. The fourth-order valence-corrected chi connectivity index (χ4v) is 2.58. The maximum absolute atomic E-state index is 12.9. The fourth-order valence-electron chi connectivity index (χ4n) is 2.58. The van der Waals surface area contributed by atoms with Crippen LogP contribution in [0.5, 0.6) is 5.75 Å². The number of hydrogen-bond acceptors (Lipinski definition) is 5. The van der Waals surface area contributed by atoms with Crippen LogP contribution >= 0.6 is 0 Å². The molecule has 1 unspecified atom stereocenters. The monoisotopic (exact) mass is 302 g/mol. The van der Waals surface area contributed by atoms with E-state index in [-0.39, 0.29) is 11.9 Å². The SMILES string of the molecule is CN(C)c1nccnc1N1CCC(Oc2ccc(F)cc2)C1. The van der Waals surface area contributed by atoms with Crippen LogP contribution in [0, 0.1) is 5.82 Å². The zero-order chi connectivity index (χ0) is 15.5. The maximum atomic E-state index is 12.9. The molecule has 116 valence electrons. The van der Waals surface area contributed by atoms with E-state index in [0.29, 0.717) is 5.75 Å². The number of benzene rings is 1. The Morgan fingerprint density at radius 1 is 1.18 bits per heavy atom. The van der Waals surface area contributed by atoms with Crippen molar-refractivity contribution in [2.24, 2.45) is 0 Å². The zero-order valence-electron chi connectivity index (χ0n) is 12.7. The molecule has 2 heterocycles. The third kappa shape index (κ3) is 3.10. The van der Waals surface area contributed by atoms with E-state index in [2.05, 4.69) is 14.9 Å². The molecule has 6 heteroatoms. The molecule has 0 aliphatic carbocycles. The van der Waals surface area contributed by atoms with Gasteiger partial charge in [0, 0.05) is 39.5 Å². The van der Waals surface area contributed by atoms with Gasteiger partial charge in [0.15, 0.2) is 11.6 Å². The summed E-state index contributed by atoms with van der Waals surface area (Å²) in [6.45, 7) is 1.61. The first-order valence-corrected chi connectivity index (χ1v) is 7.29. The van der Waals surface area contributed by atoms with Gasteiger partial charge in [0.05, 0.1) is 6.54 Å². The summed E-state index contributed by atoms with van der Waals surface area (Å²) in [6.07, 6.45) is 4.38. The second-order valence-electron chi connectivity index (χ2n) is 5.53. The molecule has 1 saturated heterocycles. The molecule has 1 aromatic heterocycles. The minimum absolute atomic E-state index is 0.0717. The number of halogens is 1. The van der Waals surface area contributed by atoms with E-state index in [1.165, 1.54) is 12.1 Å². The smallest absolute Gasteiger partial charge is 0.172 e. The highest BCUT2D eigenvalue weighted by Gasteiger charge is 2.27. The van der Waals surface area contributed by atoms with E-state index in [0.717, 1.165) is 31.1 Å². The van der Waals surface area contributed by atoms with Crippen LogP contribution in [0.2, 0.25) is 0 Å². The topological polar surface area (TPSA) is 41.5 Å². The van der Waals surface area contributed by atoms with Crippen LogP contribution in [0.15, 0.2) is 36.7 Å². The van der Waals surface area contributed by atoms with Crippen molar-refractivity contribution in [2.75, 3.05) is 37.0 Å². The third-order valence-corrected chi connectivity index (χ3v) is 3.64. The van der Waals surface area contributed by atoms with E-state index >= 15 is 0 Å². The molecule has 2 aromatic rings. The van der Waals surface area contributed by atoms with Crippen LogP contribution in [-0.4, -0.2) is 43.3 Å². The first-order chi connectivity index (χ1) is 10.6. The highest BCUT2D eigenvalue weighted by atomic mass is 19.1. The Morgan fingerprint density at radius 3 is 2.64 bits per heavy atom. The number of nitrogens with zero attached hydrogens (tertiary/aromatic N) is 4. The lowest BCUT2D eigenvalue weighted by Gasteiger charge is -2.22. The molecule has 0 spiro atoms. The molecule has 0 amide bonds. The fraction of sp³-hybridized carbons (Fsp3) is 0.375. The van der Waals surface area contributed by atoms with Gasteiger partial charge in [0.1, 0.15) is 17.7 Å². The highest BCUT2D eigenvalue weighted by Crippen LogP contribution is 2.27. The molecule has 0 saturated carbocycles. The lowest BCUT2D eigenvalue weighted by Crippen LogP contribution is -2.27. The van der Waals surface area contributed by atoms with Crippen molar-refractivity contribution in [1.82, 2.24) is 9.97 Å². The average Bonchev–Trinajstić information content (AvgIpc) is 2.98. The molecule has 5 nitrogen and oxygen atoms in total. The minimum Gasteiger partial charge on any atom is -0.489 e. The Hall–Kier alpha value is -2.37. The van der Waals surface area contributed by atoms with Crippen molar-refractivity contribution in [3.8, 4) is 5.75 Å². The van der Waals surface area contributed by atoms with Gasteiger partial charge in [0.25, 0.3) is 0 Å². The number of ether oxygens (including phenoxy) is 1. The molecular formula is C16H19FN4O. The molecule has 1 aliphatic heterocycles. The number of anilines is 2. The van der Waals surface area contributed by atoms with Crippen molar-refractivity contribution in [3.05, 3.63) is 42.5 Å². The van der Waals surface area contributed by atoms with E-state index in [9.17, 15) is 4.39 Å². The van der Waals surface area contributed by atoms with Gasteiger partial charge < -0.3 is 14.5 Å². The first kappa shape index (κ1) is 14.6. The summed E-state index contributed by atoms with van der Waals surface area (Å²) in [4.78, 5) is 13.0. The molecule has 1 atom stereocenters. The lowest BCUT2D eigenvalue weighted by molar-refractivity contribution is 0.224. The van der Waals surface area contributed by atoms with Gasteiger partial charge in [-0.05, 0) is 24.3 Å². The van der Waals surface area contributed by atoms with Gasteiger partial charge in [-0.15, -0.1) is 0 Å².